The molecule has 116 valence electrons. The third-order valence-electron chi connectivity index (χ3n) is 4.10. The highest BCUT2D eigenvalue weighted by molar-refractivity contribution is 7.80. The zero-order valence-corrected chi connectivity index (χ0v) is 13.4. The number of aryl methyl sites for hydroxylation is 1. The van der Waals surface area contributed by atoms with Crippen molar-refractivity contribution in [3.63, 3.8) is 0 Å². The number of hydrogen-bond donors (Lipinski definition) is 2. The second-order valence-electron chi connectivity index (χ2n) is 5.74. The van der Waals surface area contributed by atoms with Gasteiger partial charge in [-0.3, -0.25) is 10.2 Å². The molecule has 1 fully saturated rings. The zero-order chi connectivity index (χ0) is 15.5. The van der Waals surface area contributed by atoms with Crippen LogP contribution in [0.5, 0.6) is 0 Å². The standard InChI is InChI=1S/C16H20N4OS/c1-11-17-14-10-6-5-9-13(14)15(21)20(11)19-16(22)18-12-7-3-2-4-8-12/h5-6,9-10,12H,2-4,7-8H2,1H3,(H2,18,19,22). The van der Waals surface area contributed by atoms with E-state index >= 15 is 0 Å². The van der Waals surface area contributed by atoms with Crippen LogP contribution in [0.4, 0.5) is 0 Å². The molecule has 1 aliphatic carbocycles. The van der Waals surface area contributed by atoms with Crippen molar-refractivity contribution in [3.05, 3.63) is 40.4 Å². The average molecular weight is 316 g/mol. The van der Waals surface area contributed by atoms with Gasteiger partial charge in [-0.2, -0.15) is 0 Å². The molecular formula is C16H20N4OS. The van der Waals surface area contributed by atoms with Crippen LogP contribution in [0, 0.1) is 6.92 Å². The van der Waals surface area contributed by atoms with Crippen molar-refractivity contribution in [1.29, 1.82) is 0 Å². The van der Waals surface area contributed by atoms with Crippen LogP contribution < -0.4 is 16.3 Å². The SMILES string of the molecule is Cc1nc2ccccc2c(=O)n1NC(=S)NC1CCCCC1. The predicted molar refractivity (Wildman–Crippen MR) is 92.7 cm³/mol. The number of rotatable bonds is 2. The highest BCUT2D eigenvalue weighted by Gasteiger charge is 2.15. The van der Waals surface area contributed by atoms with Crippen LogP contribution in [-0.4, -0.2) is 20.8 Å². The average Bonchev–Trinajstić information content (AvgIpc) is 2.52. The van der Waals surface area contributed by atoms with E-state index in [-0.39, 0.29) is 5.56 Å². The molecule has 5 nitrogen and oxygen atoms in total. The molecule has 22 heavy (non-hydrogen) atoms. The van der Waals surface area contributed by atoms with Crippen LogP contribution in [0.25, 0.3) is 10.9 Å². The van der Waals surface area contributed by atoms with Gasteiger partial charge in [0.2, 0.25) is 0 Å². The number of benzene rings is 1. The van der Waals surface area contributed by atoms with Gasteiger partial charge in [-0.25, -0.2) is 9.66 Å². The fraction of sp³-hybridized carbons (Fsp3) is 0.438. The Bertz CT molecular complexity index is 749. The Morgan fingerprint density at radius 3 is 2.77 bits per heavy atom. The molecule has 1 aromatic heterocycles. The summed E-state index contributed by atoms with van der Waals surface area (Å²) in [6.45, 7) is 1.80. The highest BCUT2D eigenvalue weighted by Crippen LogP contribution is 2.17. The first-order valence-electron chi connectivity index (χ1n) is 7.71. The minimum atomic E-state index is -0.129. The van der Waals surface area contributed by atoms with E-state index in [0.29, 0.717) is 27.9 Å². The van der Waals surface area contributed by atoms with Crippen molar-refractivity contribution in [2.75, 3.05) is 5.43 Å². The number of hydrogen-bond acceptors (Lipinski definition) is 3. The summed E-state index contributed by atoms with van der Waals surface area (Å²) >= 11 is 5.35. The third kappa shape index (κ3) is 3.11. The first-order chi connectivity index (χ1) is 10.6. The zero-order valence-electron chi connectivity index (χ0n) is 12.6. The van der Waals surface area contributed by atoms with Gasteiger partial charge in [0.15, 0.2) is 5.11 Å². The minimum absolute atomic E-state index is 0.129. The first kappa shape index (κ1) is 15.0. The molecule has 0 saturated heterocycles. The van der Waals surface area contributed by atoms with Crippen LogP contribution >= 0.6 is 12.2 Å². The molecular weight excluding hydrogens is 296 g/mol. The highest BCUT2D eigenvalue weighted by atomic mass is 32.1. The smallest absolute Gasteiger partial charge is 0.280 e. The lowest BCUT2D eigenvalue weighted by molar-refractivity contribution is 0.414. The summed E-state index contributed by atoms with van der Waals surface area (Å²) in [5.74, 6) is 0.594. The molecule has 0 spiro atoms. The molecule has 0 bridgehead atoms. The Morgan fingerprint density at radius 2 is 2.00 bits per heavy atom. The molecule has 1 aliphatic rings. The molecule has 1 heterocycles. The normalized spacial score (nSPS) is 15.7. The van der Waals surface area contributed by atoms with Crippen LogP contribution in [0.2, 0.25) is 0 Å². The molecule has 6 heteroatoms. The van der Waals surface area contributed by atoms with E-state index in [0.717, 1.165) is 12.8 Å². The summed E-state index contributed by atoms with van der Waals surface area (Å²) in [7, 11) is 0. The summed E-state index contributed by atoms with van der Waals surface area (Å²) in [6, 6.07) is 7.73. The number of aromatic nitrogens is 2. The second kappa shape index (κ2) is 6.44. The maximum absolute atomic E-state index is 12.6. The maximum Gasteiger partial charge on any atom is 0.280 e. The summed E-state index contributed by atoms with van der Waals surface area (Å²) < 4.78 is 1.42. The van der Waals surface area contributed by atoms with Crippen molar-refractivity contribution in [2.45, 2.75) is 45.1 Å². The summed E-state index contributed by atoms with van der Waals surface area (Å²) in [4.78, 5) is 17.0. The van der Waals surface area contributed by atoms with Gasteiger partial charge in [-0.15, -0.1) is 0 Å². The van der Waals surface area contributed by atoms with Crippen LogP contribution in [0.15, 0.2) is 29.1 Å². The molecule has 0 atom stereocenters. The Hall–Kier alpha value is -1.95. The van der Waals surface area contributed by atoms with Crippen molar-refractivity contribution < 1.29 is 0 Å². The monoisotopic (exact) mass is 316 g/mol. The minimum Gasteiger partial charge on any atom is -0.359 e. The maximum atomic E-state index is 12.6. The Kier molecular flexibility index (Phi) is 4.38. The van der Waals surface area contributed by atoms with E-state index in [2.05, 4.69) is 15.7 Å². The van der Waals surface area contributed by atoms with Crippen LogP contribution in [-0.2, 0) is 0 Å². The van der Waals surface area contributed by atoms with Gasteiger partial charge in [0.05, 0.1) is 10.9 Å². The number of nitrogens with one attached hydrogen (secondary N) is 2. The van der Waals surface area contributed by atoms with E-state index in [4.69, 9.17) is 12.2 Å². The molecule has 0 radical (unpaired) electrons. The Balaban J connectivity index is 1.81. The number of nitrogens with zero attached hydrogens (tertiary/aromatic N) is 2. The van der Waals surface area contributed by atoms with E-state index in [9.17, 15) is 4.79 Å². The van der Waals surface area contributed by atoms with Gasteiger partial charge in [0.25, 0.3) is 5.56 Å². The first-order valence-corrected chi connectivity index (χ1v) is 8.12. The van der Waals surface area contributed by atoms with E-state index < -0.39 is 0 Å². The molecule has 2 aromatic rings. The number of fused-ring (bicyclic) bond motifs is 1. The van der Waals surface area contributed by atoms with Gasteiger partial charge in [-0.1, -0.05) is 31.4 Å². The largest absolute Gasteiger partial charge is 0.359 e. The fourth-order valence-electron chi connectivity index (χ4n) is 2.94. The Labute approximate surface area is 134 Å². The van der Waals surface area contributed by atoms with Crippen molar-refractivity contribution in [1.82, 2.24) is 15.0 Å². The van der Waals surface area contributed by atoms with Gasteiger partial charge in [-0.05, 0) is 44.1 Å². The molecule has 2 N–H and O–H groups in total. The third-order valence-corrected chi connectivity index (χ3v) is 4.31. The lowest BCUT2D eigenvalue weighted by Gasteiger charge is -2.25. The topological polar surface area (TPSA) is 59.0 Å². The molecule has 1 aromatic carbocycles. The molecule has 0 unspecified atom stereocenters. The fourth-order valence-corrected chi connectivity index (χ4v) is 3.20. The lowest BCUT2D eigenvalue weighted by Crippen LogP contribution is -2.45. The van der Waals surface area contributed by atoms with Gasteiger partial charge >= 0.3 is 0 Å². The molecule has 0 aliphatic heterocycles. The summed E-state index contributed by atoms with van der Waals surface area (Å²) in [5, 5.41) is 4.37. The molecule has 0 amide bonds. The second-order valence-corrected chi connectivity index (χ2v) is 6.15. The van der Waals surface area contributed by atoms with Crippen LogP contribution in [0.3, 0.4) is 0 Å². The van der Waals surface area contributed by atoms with Gasteiger partial charge in [0, 0.05) is 6.04 Å². The van der Waals surface area contributed by atoms with Gasteiger partial charge in [0.1, 0.15) is 5.82 Å². The molecule has 1 saturated carbocycles. The predicted octanol–water partition coefficient (Wildman–Crippen LogP) is 2.46. The van der Waals surface area contributed by atoms with E-state index in [1.54, 1.807) is 13.0 Å². The quantitative estimate of drug-likeness (QED) is 0.834. The Morgan fingerprint density at radius 1 is 1.27 bits per heavy atom. The van der Waals surface area contributed by atoms with Crippen molar-refractivity contribution >= 4 is 28.2 Å². The molecule has 3 rings (SSSR count). The summed E-state index contributed by atoms with van der Waals surface area (Å²) in [6.07, 6.45) is 6.02. The number of para-hydroxylation sites is 1. The van der Waals surface area contributed by atoms with E-state index in [1.165, 1.54) is 23.9 Å². The van der Waals surface area contributed by atoms with Crippen molar-refractivity contribution in [3.8, 4) is 0 Å². The lowest BCUT2D eigenvalue weighted by atomic mass is 9.96. The van der Waals surface area contributed by atoms with Crippen molar-refractivity contribution in [2.24, 2.45) is 0 Å². The van der Waals surface area contributed by atoms with Crippen LogP contribution in [0.1, 0.15) is 37.9 Å². The van der Waals surface area contributed by atoms with E-state index in [1.807, 2.05) is 18.2 Å². The summed E-state index contributed by atoms with van der Waals surface area (Å²) in [5.41, 5.74) is 3.55. The number of thiocarbonyl (C=S) groups is 1. The van der Waals surface area contributed by atoms with Gasteiger partial charge < -0.3 is 5.32 Å².